The molecule has 108 valence electrons. The van der Waals surface area contributed by atoms with Crippen molar-refractivity contribution < 1.29 is 0 Å². The molecule has 0 amide bonds. The smallest absolute Gasteiger partial charge is 0.0766 e. The van der Waals surface area contributed by atoms with Crippen LogP contribution in [0.25, 0.3) is 0 Å². The Hall–Kier alpha value is -1.17. The summed E-state index contributed by atoms with van der Waals surface area (Å²) in [5.74, 6) is 5.75. The molecule has 0 aliphatic heterocycles. The first-order valence-corrected chi connectivity index (χ1v) is 7.59. The van der Waals surface area contributed by atoms with E-state index in [1.54, 1.807) is 0 Å². The van der Waals surface area contributed by atoms with E-state index in [1.165, 1.54) is 11.1 Å². The Morgan fingerprint density at radius 3 is 2.75 bits per heavy atom. The largest absolute Gasteiger partial charge is 0.271 e. The third-order valence-corrected chi connectivity index (χ3v) is 4.46. The van der Waals surface area contributed by atoms with Crippen LogP contribution in [0.1, 0.15) is 35.5 Å². The predicted octanol–water partition coefficient (Wildman–Crippen LogP) is 2.80. The topological polar surface area (TPSA) is 55.9 Å². The molecule has 0 bridgehead atoms. The monoisotopic (exact) mass is 336 g/mol. The van der Waals surface area contributed by atoms with Gasteiger partial charge in [-0.05, 0) is 34.8 Å². The van der Waals surface area contributed by atoms with E-state index in [4.69, 9.17) is 5.84 Å². The van der Waals surface area contributed by atoms with Crippen molar-refractivity contribution in [2.45, 2.75) is 32.7 Å². The van der Waals surface area contributed by atoms with Crippen LogP contribution in [0, 0.1) is 6.92 Å². The summed E-state index contributed by atoms with van der Waals surface area (Å²) in [5.41, 5.74) is 7.59. The van der Waals surface area contributed by atoms with Gasteiger partial charge in [0.2, 0.25) is 0 Å². The molecule has 0 spiro atoms. The van der Waals surface area contributed by atoms with Crippen LogP contribution >= 0.6 is 15.9 Å². The molecule has 3 N–H and O–H groups in total. The molecule has 5 heteroatoms. The van der Waals surface area contributed by atoms with Gasteiger partial charge in [0.1, 0.15) is 0 Å². The maximum atomic E-state index is 5.75. The van der Waals surface area contributed by atoms with Crippen molar-refractivity contribution in [3.8, 4) is 0 Å². The molecule has 1 heterocycles. The van der Waals surface area contributed by atoms with Crippen LogP contribution in [0.4, 0.5) is 0 Å². The van der Waals surface area contributed by atoms with Gasteiger partial charge in [-0.1, -0.05) is 36.8 Å². The number of nitrogens with one attached hydrogen (secondary N) is 1. The summed E-state index contributed by atoms with van der Waals surface area (Å²) in [6.45, 7) is 4.20. The summed E-state index contributed by atoms with van der Waals surface area (Å²) in [4.78, 5) is 0. The van der Waals surface area contributed by atoms with Crippen molar-refractivity contribution in [3.05, 3.63) is 51.3 Å². The summed E-state index contributed by atoms with van der Waals surface area (Å²) in [6, 6.07) is 8.49. The molecule has 2 aromatic rings. The van der Waals surface area contributed by atoms with Crippen LogP contribution in [0.15, 0.2) is 28.7 Å². The van der Waals surface area contributed by atoms with Crippen molar-refractivity contribution in [1.29, 1.82) is 0 Å². The number of hydrogen-bond acceptors (Lipinski definition) is 3. The minimum absolute atomic E-state index is 0.0753. The Bertz CT molecular complexity index is 592. The van der Waals surface area contributed by atoms with E-state index in [9.17, 15) is 0 Å². The Kier molecular flexibility index (Phi) is 4.96. The molecule has 2 rings (SSSR count). The molecule has 1 atom stereocenters. The van der Waals surface area contributed by atoms with Gasteiger partial charge in [-0.2, -0.15) is 5.10 Å². The van der Waals surface area contributed by atoms with Crippen molar-refractivity contribution in [3.63, 3.8) is 0 Å². The van der Waals surface area contributed by atoms with Crippen LogP contribution in [0.3, 0.4) is 0 Å². The average molecular weight is 337 g/mol. The van der Waals surface area contributed by atoms with E-state index >= 15 is 0 Å². The number of benzene rings is 1. The molecule has 0 aliphatic rings. The lowest BCUT2D eigenvalue weighted by Gasteiger charge is -2.17. The average Bonchev–Trinajstić information content (AvgIpc) is 2.71. The highest BCUT2D eigenvalue weighted by molar-refractivity contribution is 9.10. The van der Waals surface area contributed by atoms with E-state index in [2.05, 4.69) is 64.6 Å². The molecular formula is C15H21BrN4. The molecule has 0 saturated carbocycles. The van der Waals surface area contributed by atoms with E-state index in [0.29, 0.717) is 0 Å². The third-order valence-electron chi connectivity index (χ3n) is 3.55. The molecule has 1 aromatic carbocycles. The van der Waals surface area contributed by atoms with Crippen LogP contribution in [0.2, 0.25) is 0 Å². The molecule has 0 radical (unpaired) electrons. The molecule has 1 aromatic heterocycles. The van der Waals surface area contributed by atoms with E-state index in [1.807, 2.05) is 11.7 Å². The first-order valence-electron chi connectivity index (χ1n) is 6.79. The summed E-state index contributed by atoms with van der Waals surface area (Å²) < 4.78 is 3.03. The van der Waals surface area contributed by atoms with Crippen LogP contribution < -0.4 is 11.3 Å². The van der Waals surface area contributed by atoms with Crippen molar-refractivity contribution in [1.82, 2.24) is 15.2 Å². The van der Waals surface area contributed by atoms with Crippen LogP contribution in [-0.4, -0.2) is 9.78 Å². The summed E-state index contributed by atoms with van der Waals surface area (Å²) in [7, 11) is 1.98. The Labute approximate surface area is 128 Å². The minimum Gasteiger partial charge on any atom is -0.271 e. The Morgan fingerprint density at radius 1 is 1.45 bits per heavy atom. The molecule has 1 unspecified atom stereocenters. The predicted molar refractivity (Wildman–Crippen MR) is 85.2 cm³/mol. The zero-order chi connectivity index (χ0) is 14.7. The van der Waals surface area contributed by atoms with Gasteiger partial charge in [0, 0.05) is 13.5 Å². The lowest BCUT2D eigenvalue weighted by molar-refractivity contribution is 0.528. The van der Waals surface area contributed by atoms with E-state index < -0.39 is 0 Å². The maximum Gasteiger partial charge on any atom is 0.0766 e. The normalized spacial score (nSPS) is 12.7. The van der Waals surface area contributed by atoms with Gasteiger partial charge in [-0.25, -0.2) is 0 Å². The molecular weight excluding hydrogens is 316 g/mol. The fraction of sp³-hybridized carbons (Fsp3) is 0.400. The Balaban J connectivity index is 2.29. The van der Waals surface area contributed by atoms with Crippen LogP contribution in [-0.2, 0) is 19.9 Å². The number of hydrazine groups is 1. The van der Waals surface area contributed by atoms with Gasteiger partial charge < -0.3 is 0 Å². The second kappa shape index (κ2) is 6.52. The lowest BCUT2D eigenvalue weighted by Crippen LogP contribution is -2.30. The molecule has 0 saturated heterocycles. The minimum atomic E-state index is 0.0753. The van der Waals surface area contributed by atoms with Gasteiger partial charge in [0.25, 0.3) is 0 Å². The highest BCUT2D eigenvalue weighted by Gasteiger charge is 2.18. The SMILES string of the molecule is CCc1nn(C)c(CC(NN)c2cccc(C)c2)c1Br. The highest BCUT2D eigenvalue weighted by atomic mass is 79.9. The fourth-order valence-corrected chi connectivity index (χ4v) is 3.17. The molecule has 4 nitrogen and oxygen atoms in total. The molecule has 20 heavy (non-hydrogen) atoms. The lowest BCUT2D eigenvalue weighted by atomic mass is 10.0. The number of aromatic nitrogens is 2. The molecule has 0 aliphatic carbocycles. The highest BCUT2D eigenvalue weighted by Crippen LogP contribution is 2.26. The first kappa shape index (κ1) is 15.2. The Morgan fingerprint density at radius 2 is 2.20 bits per heavy atom. The second-order valence-corrected chi connectivity index (χ2v) is 5.82. The van der Waals surface area contributed by atoms with Crippen molar-refractivity contribution in [2.75, 3.05) is 0 Å². The van der Waals surface area contributed by atoms with E-state index in [-0.39, 0.29) is 6.04 Å². The summed E-state index contributed by atoms with van der Waals surface area (Å²) >= 11 is 3.66. The molecule has 0 fully saturated rings. The number of rotatable bonds is 5. The first-order chi connectivity index (χ1) is 9.56. The summed E-state index contributed by atoms with van der Waals surface area (Å²) in [6.07, 6.45) is 1.71. The zero-order valence-corrected chi connectivity index (χ0v) is 13.7. The third kappa shape index (κ3) is 3.11. The number of nitrogens with two attached hydrogens (primary N) is 1. The fourth-order valence-electron chi connectivity index (χ4n) is 2.39. The summed E-state index contributed by atoms with van der Waals surface area (Å²) in [5, 5.41) is 4.53. The number of halogens is 1. The maximum absolute atomic E-state index is 5.75. The van der Waals surface area contributed by atoms with Gasteiger partial charge in [0.15, 0.2) is 0 Å². The standard InChI is InChI=1S/C15H21BrN4/c1-4-12-15(16)14(20(3)19-12)9-13(18-17)11-7-5-6-10(2)8-11/h5-8,13,18H,4,9,17H2,1-3H3. The van der Waals surface area contributed by atoms with E-state index in [0.717, 1.165) is 28.7 Å². The number of aryl methyl sites for hydroxylation is 3. The van der Waals surface area contributed by atoms with Crippen molar-refractivity contribution in [2.24, 2.45) is 12.9 Å². The number of nitrogens with zero attached hydrogens (tertiary/aromatic N) is 2. The van der Waals surface area contributed by atoms with Gasteiger partial charge in [-0.3, -0.25) is 16.0 Å². The second-order valence-electron chi connectivity index (χ2n) is 5.02. The van der Waals surface area contributed by atoms with Crippen molar-refractivity contribution >= 4 is 15.9 Å². The van der Waals surface area contributed by atoms with Gasteiger partial charge in [-0.15, -0.1) is 0 Å². The van der Waals surface area contributed by atoms with Gasteiger partial charge >= 0.3 is 0 Å². The van der Waals surface area contributed by atoms with Gasteiger partial charge in [0.05, 0.1) is 21.9 Å². The number of hydrogen-bond donors (Lipinski definition) is 2. The van der Waals surface area contributed by atoms with Crippen LogP contribution in [0.5, 0.6) is 0 Å². The zero-order valence-electron chi connectivity index (χ0n) is 12.2. The quantitative estimate of drug-likeness (QED) is 0.652.